The molecular formula is C18H17F2N5O2S2. The number of hydrogen-bond donors (Lipinski definition) is 1. The molecule has 0 bridgehead atoms. The topological polar surface area (TPSA) is 95.8 Å². The second-order valence-electron chi connectivity index (χ2n) is 6.29. The first kappa shape index (κ1) is 19.8. The van der Waals surface area contributed by atoms with Crippen LogP contribution in [0.1, 0.15) is 19.3 Å². The summed E-state index contributed by atoms with van der Waals surface area (Å²) < 4.78 is 53.2. The number of para-hydroxylation sites is 2. The Morgan fingerprint density at radius 2 is 1.86 bits per heavy atom. The van der Waals surface area contributed by atoms with Crippen molar-refractivity contribution in [1.82, 2.24) is 19.1 Å². The fourth-order valence-corrected chi connectivity index (χ4v) is 4.76. The van der Waals surface area contributed by atoms with E-state index in [9.17, 15) is 17.2 Å². The average molecular weight is 437 g/mol. The highest BCUT2D eigenvalue weighted by atomic mass is 32.2. The molecule has 29 heavy (non-hydrogen) atoms. The molecule has 0 aliphatic rings. The number of alkyl halides is 2. The zero-order chi connectivity index (χ0) is 20.8. The van der Waals surface area contributed by atoms with Crippen LogP contribution in [0.3, 0.4) is 0 Å². The first-order valence-corrected chi connectivity index (χ1v) is 11.2. The van der Waals surface area contributed by atoms with Crippen LogP contribution in [0.5, 0.6) is 0 Å². The lowest BCUT2D eigenvalue weighted by Gasteiger charge is -2.08. The van der Waals surface area contributed by atoms with E-state index in [1.165, 1.54) is 23.9 Å². The zero-order valence-electron chi connectivity index (χ0n) is 15.3. The van der Waals surface area contributed by atoms with Crippen molar-refractivity contribution in [3.05, 3.63) is 48.3 Å². The lowest BCUT2D eigenvalue weighted by atomic mass is 10.3. The van der Waals surface area contributed by atoms with Crippen molar-refractivity contribution >= 4 is 43.9 Å². The fraction of sp³-hybridized carbons (Fsp3) is 0.222. The number of hydrogen-bond acceptors (Lipinski definition) is 5. The van der Waals surface area contributed by atoms with Gasteiger partial charge in [-0.25, -0.2) is 23.5 Å². The van der Waals surface area contributed by atoms with E-state index >= 15 is 0 Å². The summed E-state index contributed by atoms with van der Waals surface area (Å²) in [6.07, 6.45) is 0. The average Bonchev–Trinajstić information content (AvgIpc) is 3.22. The number of nitrogens with zero attached hydrogens (tertiary/aromatic N) is 4. The summed E-state index contributed by atoms with van der Waals surface area (Å²) >= 11 is 1.27. The molecule has 4 aromatic rings. The molecule has 0 atom stereocenters. The van der Waals surface area contributed by atoms with E-state index in [2.05, 4.69) is 9.97 Å². The van der Waals surface area contributed by atoms with E-state index in [0.717, 1.165) is 10.1 Å². The molecule has 0 saturated heterocycles. The van der Waals surface area contributed by atoms with Gasteiger partial charge in [-0.2, -0.15) is 8.78 Å². The minimum atomic E-state index is -3.84. The number of benzene rings is 2. The van der Waals surface area contributed by atoms with Crippen LogP contribution in [0.2, 0.25) is 0 Å². The van der Waals surface area contributed by atoms with Crippen molar-refractivity contribution in [3.63, 3.8) is 0 Å². The monoisotopic (exact) mass is 437 g/mol. The van der Waals surface area contributed by atoms with Gasteiger partial charge in [0, 0.05) is 6.54 Å². The van der Waals surface area contributed by atoms with E-state index in [-0.39, 0.29) is 16.5 Å². The normalized spacial score (nSPS) is 12.4. The van der Waals surface area contributed by atoms with Gasteiger partial charge in [-0.1, -0.05) is 23.9 Å². The van der Waals surface area contributed by atoms with Crippen LogP contribution in [0.4, 0.5) is 8.78 Å². The predicted octanol–water partition coefficient (Wildman–Crippen LogP) is 3.74. The Bertz CT molecular complexity index is 1310. The summed E-state index contributed by atoms with van der Waals surface area (Å²) in [4.78, 5) is 8.79. The molecule has 4 rings (SSSR count). The first-order chi connectivity index (χ1) is 13.8. The number of fused-ring (bicyclic) bond motifs is 2. The summed E-state index contributed by atoms with van der Waals surface area (Å²) in [5.74, 6) is 0.427. The van der Waals surface area contributed by atoms with Crippen LogP contribution in [-0.2, 0) is 22.3 Å². The smallest absolute Gasteiger partial charge is 0.319 e. The molecule has 2 N–H and O–H groups in total. The van der Waals surface area contributed by atoms with E-state index in [1.54, 1.807) is 30.3 Å². The first-order valence-electron chi connectivity index (χ1n) is 8.69. The Kier molecular flexibility index (Phi) is 5.05. The Morgan fingerprint density at radius 3 is 2.55 bits per heavy atom. The maximum absolute atomic E-state index is 13.6. The molecule has 11 heteroatoms. The molecule has 152 valence electrons. The maximum Gasteiger partial charge on any atom is 0.320 e. The number of aryl methyl sites for hydroxylation is 1. The molecule has 0 aliphatic heterocycles. The highest BCUT2D eigenvalue weighted by molar-refractivity contribution is 7.98. The van der Waals surface area contributed by atoms with Crippen molar-refractivity contribution in [1.29, 1.82) is 0 Å². The molecule has 7 nitrogen and oxygen atoms in total. The minimum absolute atomic E-state index is 0.0261. The van der Waals surface area contributed by atoms with Crippen LogP contribution in [0.15, 0.2) is 52.5 Å². The van der Waals surface area contributed by atoms with Gasteiger partial charge in [0.05, 0.1) is 32.7 Å². The van der Waals surface area contributed by atoms with Crippen molar-refractivity contribution < 1.29 is 17.2 Å². The summed E-state index contributed by atoms with van der Waals surface area (Å²) in [6.45, 7) is -0.202. The van der Waals surface area contributed by atoms with Gasteiger partial charge < -0.3 is 4.57 Å². The van der Waals surface area contributed by atoms with Crippen LogP contribution >= 0.6 is 11.8 Å². The molecule has 0 radical (unpaired) electrons. The Morgan fingerprint density at radius 1 is 1.10 bits per heavy atom. The number of thioether (sulfide) groups is 1. The SMILES string of the molecule is CCn1c(SCc2nc3ccccc3n2C(F)F)nc2cc(S(N)(=O)=O)ccc21. The summed E-state index contributed by atoms with van der Waals surface area (Å²) in [7, 11) is -3.84. The van der Waals surface area contributed by atoms with E-state index < -0.39 is 16.6 Å². The molecule has 0 spiro atoms. The number of aromatic nitrogens is 4. The summed E-state index contributed by atoms with van der Waals surface area (Å²) in [6, 6.07) is 11.2. The molecular weight excluding hydrogens is 420 g/mol. The molecule has 0 unspecified atom stereocenters. The van der Waals surface area contributed by atoms with E-state index in [0.29, 0.717) is 28.3 Å². The maximum atomic E-state index is 13.6. The number of nitrogens with two attached hydrogens (primary N) is 1. The molecule has 2 heterocycles. The van der Waals surface area contributed by atoms with Crippen molar-refractivity contribution in [2.45, 2.75) is 35.8 Å². The highest BCUT2D eigenvalue weighted by Gasteiger charge is 2.19. The molecule has 0 amide bonds. The second kappa shape index (κ2) is 7.39. The van der Waals surface area contributed by atoms with Gasteiger partial charge >= 0.3 is 6.55 Å². The van der Waals surface area contributed by atoms with Gasteiger partial charge in [0.15, 0.2) is 5.16 Å². The van der Waals surface area contributed by atoms with Crippen molar-refractivity contribution in [2.75, 3.05) is 0 Å². The summed E-state index contributed by atoms with van der Waals surface area (Å²) in [5.41, 5.74) is 2.10. The lowest BCUT2D eigenvalue weighted by molar-refractivity contribution is 0.0722. The van der Waals surface area contributed by atoms with Gasteiger partial charge in [-0.3, -0.25) is 4.57 Å². The third-order valence-corrected chi connectivity index (χ3v) is 6.41. The van der Waals surface area contributed by atoms with Crippen molar-refractivity contribution in [2.24, 2.45) is 5.14 Å². The number of imidazole rings is 2. The van der Waals surface area contributed by atoms with Gasteiger partial charge in [-0.15, -0.1) is 0 Å². The predicted molar refractivity (Wildman–Crippen MR) is 107 cm³/mol. The number of halogens is 2. The zero-order valence-corrected chi connectivity index (χ0v) is 16.9. The molecule has 2 aromatic heterocycles. The van der Waals surface area contributed by atoms with Crippen LogP contribution in [0.25, 0.3) is 22.1 Å². The molecule has 2 aromatic carbocycles. The molecule has 0 saturated carbocycles. The van der Waals surface area contributed by atoms with Gasteiger partial charge in [0.1, 0.15) is 5.82 Å². The number of rotatable bonds is 6. The van der Waals surface area contributed by atoms with Crippen LogP contribution in [-0.4, -0.2) is 27.5 Å². The fourth-order valence-electron chi connectivity index (χ4n) is 3.22. The van der Waals surface area contributed by atoms with E-state index in [4.69, 9.17) is 5.14 Å². The Balaban J connectivity index is 1.72. The Hall–Kier alpha value is -2.50. The van der Waals surface area contributed by atoms with Gasteiger partial charge in [0.2, 0.25) is 10.0 Å². The van der Waals surface area contributed by atoms with Gasteiger partial charge in [0.25, 0.3) is 0 Å². The van der Waals surface area contributed by atoms with Crippen LogP contribution < -0.4 is 5.14 Å². The van der Waals surface area contributed by atoms with Gasteiger partial charge in [-0.05, 0) is 37.3 Å². The van der Waals surface area contributed by atoms with Crippen LogP contribution in [0, 0.1) is 0 Å². The third kappa shape index (κ3) is 3.61. The minimum Gasteiger partial charge on any atom is -0.319 e. The number of sulfonamides is 1. The lowest BCUT2D eigenvalue weighted by Crippen LogP contribution is -2.11. The highest BCUT2D eigenvalue weighted by Crippen LogP contribution is 2.30. The standard InChI is InChI=1S/C18H17F2N5O2S2/c1-2-24-14-8-7-11(29(21,26)27)9-13(14)23-18(24)28-10-16-22-12-5-3-4-6-15(12)25(16)17(19)20/h3-9,17H,2,10H2,1H3,(H2,21,26,27). The third-order valence-electron chi connectivity index (χ3n) is 4.52. The largest absolute Gasteiger partial charge is 0.320 e. The molecule has 0 aliphatic carbocycles. The quantitative estimate of drug-likeness (QED) is 0.464. The summed E-state index contributed by atoms with van der Waals surface area (Å²) in [5, 5.41) is 5.78. The Labute approximate surface area is 169 Å². The molecule has 0 fully saturated rings. The second-order valence-corrected chi connectivity index (χ2v) is 8.79. The number of primary sulfonamides is 1. The van der Waals surface area contributed by atoms with E-state index in [1.807, 2.05) is 11.5 Å². The van der Waals surface area contributed by atoms with Crippen molar-refractivity contribution in [3.8, 4) is 0 Å².